The largest absolute Gasteiger partial charge is 0.506 e. The fraction of sp³-hybridized carbons (Fsp3) is 0.214. The van der Waals surface area contributed by atoms with Gasteiger partial charge in [0.05, 0.1) is 28.0 Å². The Morgan fingerprint density at radius 1 is 0.650 bits per heavy atom. The van der Waals surface area contributed by atoms with Crippen molar-refractivity contribution in [1.82, 2.24) is 0 Å². The van der Waals surface area contributed by atoms with Crippen LogP contribution in [0.2, 0.25) is 0 Å². The van der Waals surface area contributed by atoms with Crippen molar-refractivity contribution in [3.63, 3.8) is 0 Å². The van der Waals surface area contributed by atoms with E-state index in [9.17, 15) is 44.1 Å². The molecule has 12 heteroatoms. The Labute approximate surface area is 224 Å². The lowest BCUT2D eigenvalue weighted by atomic mass is 9.75. The third kappa shape index (κ3) is 3.12. The Morgan fingerprint density at radius 2 is 1.10 bits per heavy atom. The van der Waals surface area contributed by atoms with E-state index in [-0.39, 0.29) is 40.7 Å². The average molecular weight is 545 g/mol. The maximum Gasteiger partial charge on any atom is 0.342 e. The van der Waals surface area contributed by atoms with Gasteiger partial charge in [-0.3, -0.25) is 19.2 Å². The van der Waals surface area contributed by atoms with Crippen LogP contribution < -0.4 is 5.73 Å². The van der Waals surface area contributed by atoms with Crippen molar-refractivity contribution < 1.29 is 53.6 Å². The molecule has 0 bridgehead atoms. The van der Waals surface area contributed by atoms with Gasteiger partial charge < -0.3 is 30.5 Å². The summed E-state index contributed by atoms with van der Waals surface area (Å²) < 4.78 is 10.2. The van der Waals surface area contributed by atoms with Crippen molar-refractivity contribution in [3.05, 3.63) is 73.5 Å². The Kier molecular flexibility index (Phi) is 5.08. The van der Waals surface area contributed by atoms with E-state index >= 15 is 0 Å². The molecule has 0 saturated heterocycles. The van der Waals surface area contributed by atoms with Crippen LogP contribution in [0.25, 0.3) is 5.76 Å². The highest BCUT2D eigenvalue weighted by atomic mass is 16.5. The molecule has 2 atom stereocenters. The third-order valence-corrected chi connectivity index (χ3v) is 7.42. The number of Topliss-reactive ketones (excluding diaryl/α,β-unsaturated/α-hetero) is 4. The van der Waals surface area contributed by atoms with Gasteiger partial charge in [0.2, 0.25) is 23.1 Å². The molecule has 0 aromatic heterocycles. The minimum Gasteiger partial charge on any atom is -0.506 e. The van der Waals surface area contributed by atoms with Crippen LogP contribution in [0.1, 0.15) is 82.3 Å². The molecule has 0 amide bonds. The predicted octanol–water partition coefficient (Wildman–Crippen LogP) is 1.63. The zero-order valence-electron chi connectivity index (χ0n) is 20.9. The molecule has 40 heavy (non-hydrogen) atoms. The number of esters is 2. The fourth-order valence-corrected chi connectivity index (χ4v) is 5.69. The number of aliphatic hydroxyl groups is 1. The third-order valence-electron chi connectivity index (χ3n) is 7.42. The first kappa shape index (κ1) is 25.0. The molecule has 0 saturated carbocycles. The van der Waals surface area contributed by atoms with Crippen molar-refractivity contribution in [2.45, 2.75) is 38.9 Å². The molecule has 0 spiro atoms. The summed E-state index contributed by atoms with van der Waals surface area (Å²) in [6.45, 7) is 3.19. The first-order chi connectivity index (χ1) is 18.8. The monoisotopic (exact) mass is 545 g/mol. The molecule has 2 aromatic rings. The van der Waals surface area contributed by atoms with Crippen LogP contribution >= 0.6 is 0 Å². The van der Waals surface area contributed by atoms with E-state index in [0.29, 0.717) is 0 Å². The maximum absolute atomic E-state index is 13.7. The van der Waals surface area contributed by atoms with Gasteiger partial charge in [-0.25, -0.2) is 9.59 Å². The van der Waals surface area contributed by atoms with Crippen molar-refractivity contribution >= 4 is 40.8 Å². The quantitative estimate of drug-likeness (QED) is 0.161. The molecule has 2 aliphatic carbocycles. The summed E-state index contributed by atoms with van der Waals surface area (Å²) in [7, 11) is 0. The Balaban J connectivity index is 1.61. The molecule has 5 N–H and O–H groups in total. The number of allylic oxidation sites excluding steroid dienone is 2. The summed E-state index contributed by atoms with van der Waals surface area (Å²) in [6, 6.07) is 2.43. The highest BCUT2D eigenvalue weighted by Crippen LogP contribution is 2.44. The summed E-state index contributed by atoms with van der Waals surface area (Å²) in [4.78, 5) is 78.8. The first-order valence-electron chi connectivity index (χ1n) is 12.1. The summed E-state index contributed by atoms with van der Waals surface area (Å²) in [6.07, 6.45) is -0.883. The van der Waals surface area contributed by atoms with Crippen LogP contribution in [-0.4, -0.2) is 62.6 Å². The second-order valence-corrected chi connectivity index (χ2v) is 10.0. The number of hydrogen-bond acceptors (Lipinski definition) is 12. The molecule has 2 aliphatic heterocycles. The molecule has 4 aliphatic rings. The molecular weight excluding hydrogens is 526 g/mol. The van der Waals surface area contributed by atoms with Gasteiger partial charge in [-0.05, 0) is 37.1 Å². The van der Waals surface area contributed by atoms with Crippen molar-refractivity contribution in [2.24, 2.45) is 5.73 Å². The minimum atomic E-state index is -1.45. The van der Waals surface area contributed by atoms with Crippen LogP contribution in [0.4, 0.5) is 0 Å². The van der Waals surface area contributed by atoms with Crippen LogP contribution in [0, 0.1) is 0 Å². The number of benzene rings is 2. The van der Waals surface area contributed by atoms with E-state index in [1.807, 2.05) is 0 Å². The van der Waals surface area contributed by atoms with Gasteiger partial charge in [-0.2, -0.15) is 0 Å². The zero-order valence-corrected chi connectivity index (χ0v) is 20.9. The number of cyclic esters (lactones) is 2. The topological polar surface area (TPSA) is 208 Å². The Bertz CT molecular complexity index is 1770. The number of rotatable bonds is 0. The molecule has 2 aromatic carbocycles. The van der Waals surface area contributed by atoms with E-state index in [1.54, 1.807) is 13.8 Å². The lowest BCUT2D eigenvalue weighted by Crippen LogP contribution is -2.36. The Hall–Kier alpha value is -5.26. The van der Waals surface area contributed by atoms with Gasteiger partial charge in [0.25, 0.3) is 0 Å². The maximum atomic E-state index is 13.7. The minimum absolute atomic E-state index is 0.106. The van der Waals surface area contributed by atoms with Crippen molar-refractivity contribution in [3.8, 4) is 11.5 Å². The number of phenols is 2. The number of ether oxygens (including phenoxy) is 2. The average Bonchev–Trinajstić information content (AvgIpc) is 2.86. The number of phenolic OH excluding ortho intramolecular Hbond substituents is 2. The number of carbonyl (C=O) groups excluding carboxylic acids is 6. The lowest BCUT2D eigenvalue weighted by Gasteiger charge is -2.29. The van der Waals surface area contributed by atoms with E-state index < -0.39 is 98.1 Å². The summed E-state index contributed by atoms with van der Waals surface area (Å²) in [5, 5.41) is 32.8. The van der Waals surface area contributed by atoms with Gasteiger partial charge in [-0.1, -0.05) is 0 Å². The van der Waals surface area contributed by atoms with Gasteiger partial charge >= 0.3 is 11.9 Å². The number of aromatic hydroxyl groups is 2. The van der Waals surface area contributed by atoms with E-state index in [0.717, 1.165) is 6.07 Å². The summed E-state index contributed by atoms with van der Waals surface area (Å²) >= 11 is 0. The molecule has 6 rings (SSSR count). The molecule has 2 heterocycles. The highest BCUT2D eigenvalue weighted by molar-refractivity contribution is 6.61. The van der Waals surface area contributed by atoms with Gasteiger partial charge in [0.1, 0.15) is 40.6 Å². The standard InChI is InChI=1S/C28H19NO11/c1-7-3-9-5-11-15(22(32)13(9)27(37)39-7)24(34)17(19(29)20(11)30)18-25(35)16-12(21(31)26(18)36)6-10-4-8(2)40-28(38)14(10)23(16)33/h5-8,30,32-33H,3-4,29H2,1-2H3/t7-,8-/m1/s1. The lowest BCUT2D eigenvalue weighted by molar-refractivity contribution is -0.111. The van der Waals surface area contributed by atoms with E-state index in [1.165, 1.54) is 6.07 Å². The second kappa shape index (κ2) is 8.12. The fourth-order valence-electron chi connectivity index (χ4n) is 5.69. The predicted molar refractivity (Wildman–Crippen MR) is 132 cm³/mol. The van der Waals surface area contributed by atoms with Crippen LogP contribution in [-0.2, 0) is 27.1 Å². The van der Waals surface area contributed by atoms with E-state index in [2.05, 4.69) is 0 Å². The van der Waals surface area contributed by atoms with Gasteiger partial charge in [0, 0.05) is 24.0 Å². The molecule has 0 fully saturated rings. The molecular formula is C28H19NO11. The smallest absolute Gasteiger partial charge is 0.342 e. The van der Waals surface area contributed by atoms with Crippen molar-refractivity contribution in [1.29, 1.82) is 0 Å². The highest BCUT2D eigenvalue weighted by Gasteiger charge is 2.47. The number of fused-ring (bicyclic) bond motifs is 4. The normalized spacial score (nSPS) is 23.8. The molecule has 12 nitrogen and oxygen atoms in total. The van der Waals surface area contributed by atoms with E-state index in [4.69, 9.17) is 15.2 Å². The summed E-state index contributed by atoms with van der Waals surface area (Å²) in [5.74, 6) is -9.67. The Morgan fingerprint density at radius 3 is 1.62 bits per heavy atom. The number of ketones is 4. The van der Waals surface area contributed by atoms with Crippen LogP contribution in [0.3, 0.4) is 0 Å². The first-order valence-corrected chi connectivity index (χ1v) is 12.1. The molecule has 0 unspecified atom stereocenters. The number of aliphatic hydroxyl groups excluding tert-OH is 1. The van der Waals surface area contributed by atoms with Crippen LogP contribution in [0.15, 0.2) is 29.0 Å². The number of carbonyl (C=O) groups is 6. The zero-order chi connectivity index (χ0) is 28.9. The molecule has 0 radical (unpaired) electrons. The number of hydrogen-bond donors (Lipinski definition) is 4. The molecule has 202 valence electrons. The van der Waals surface area contributed by atoms with Crippen LogP contribution in [0.5, 0.6) is 11.5 Å². The van der Waals surface area contributed by atoms with Gasteiger partial charge in [0.15, 0.2) is 0 Å². The second-order valence-electron chi connectivity index (χ2n) is 10.0. The van der Waals surface area contributed by atoms with Gasteiger partial charge in [-0.15, -0.1) is 0 Å². The summed E-state index contributed by atoms with van der Waals surface area (Å²) in [5.41, 5.74) is 1.04. The number of nitrogens with two attached hydrogens (primary N) is 1. The van der Waals surface area contributed by atoms with Crippen molar-refractivity contribution in [2.75, 3.05) is 0 Å². The SMILES string of the molecule is C[C@@H]1Cc2cc3c(c(O)c2C(=O)O1)C(=O)C(=C1C(=O)c2c(cc4c(c2O)C(=O)O[C@H](C)C4)C(O)=C1N)C(=O)C3=O.